The third-order valence-electron chi connectivity index (χ3n) is 3.21. The van der Waals surface area contributed by atoms with Crippen molar-refractivity contribution >= 4 is 23.5 Å². The molecule has 1 aliphatic heterocycles. The predicted molar refractivity (Wildman–Crippen MR) is 74.3 cm³/mol. The average Bonchev–Trinajstić information content (AvgIpc) is 2.86. The molecule has 0 saturated carbocycles. The summed E-state index contributed by atoms with van der Waals surface area (Å²) in [5.41, 5.74) is 7.49. The van der Waals surface area contributed by atoms with Gasteiger partial charge in [-0.2, -0.15) is 4.98 Å². The van der Waals surface area contributed by atoms with Crippen LogP contribution in [0.25, 0.3) is 0 Å². The first-order valence-corrected chi connectivity index (χ1v) is 6.29. The van der Waals surface area contributed by atoms with E-state index < -0.39 is 0 Å². The predicted octanol–water partition coefficient (Wildman–Crippen LogP) is 0.801. The lowest BCUT2D eigenvalue weighted by Gasteiger charge is -2.09. The number of nitrogens with one attached hydrogen (secondary N) is 2. The van der Waals surface area contributed by atoms with Crippen molar-refractivity contribution in [3.63, 3.8) is 0 Å². The lowest BCUT2D eigenvalue weighted by molar-refractivity contribution is -0.119. The van der Waals surface area contributed by atoms with Crippen LogP contribution >= 0.6 is 0 Å². The molecule has 0 aliphatic carbocycles. The van der Waals surface area contributed by atoms with Crippen molar-refractivity contribution in [3.05, 3.63) is 36.2 Å². The Morgan fingerprint density at radius 3 is 2.70 bits per heavy atom. The van der Waals surface area contributed by atoms with Gasteiger partial charge in [0.2, 0.25) is 17.8 Å². The third-order valence-corrected chi connectivity index (χ3v) is 3.21. The lowest BCUT2D eigenvalue weighted by Crippen LogP contribution is -2.13. The van der Waals surface area contributed by atoms with Gasteiger partial charge < -0.3 is 16.4 Å². The van der Waals surface area contributed by atoms with Crippen LogP contribution in [-0.2, 0) is 4.79 Å². The number of hydrogen-bond acceptors (Lipinski definition) is 6. The summed E-state index contributed by atoms with van der Waals surface area (Å²) in [7, 11) is 0. The minimum Gasteiger partial charge on any atom is -0.368 e. The number of nitrogen functional groups attached to an aromatic ring is 1. The molecule has 1 amide bonds. The fourth-order valence-corrected chi connectivity index (χ4v) is 2.18. The van der Waals surface area contributed by atoms with Crippen LogP contribution < -0.4 is 16.4 Å². The summed E-state index contributed by atoms with van der Waals surface area (Å²) >= 11 is 0. The minimum absolute atomic E-state index is 0.109. The van der Waals surface area contributed by atoms with Gasteiger partial charge in [-0.15, -0.1) is 0 Å². The molecule has 1 saturated heterocycles. The molecular weight excluding hydrogens is 256 g/mol. The zero-order chi connectivity index (χ0) is 13.9. The van der Waals surface area contributed by atoms with Crippen molar-refractivity contribution < 1.29 is 4.79 Å². The molecular formula is C13H14N6O. The molecule has 1 atom stereocenters. The summed E-state index contributed by atoms with van der Waals surface area (Å²) < 4.78 is 0. The highest BCUT2D eigenvalue weighted by Gasteiger charge is 2.22. The summed E-state index contributed by atoms with van der Waals surface area (Å²) in [5.74, 6) is 0.944. The first-order chi connectivity index (χ1) is 9.70. The second-order valence-electron chi connectivity index (χ2n) is 4.62. The van der Waals surface area contributed by atoms with E-state index in [0.29, 0.717) is 18.9 Å². The van der Waals surface area contributed by atoms with Gasteiger partial charge in [-0.25, -0.2) is 9.97 Å². The van der Waals surface area contributed by atoms with Gasteiger partial charge in [0.25, 0.3) is 0 Å². The molecule has 20 heavy (non-hydrogen) atoms. The Hall–Kier alpha value is -2.70. The smallest absolute Gasteiger partial charge is 0.231 e. The summed E-state index contributed by atoms with van der Waals surface area (Å²) in [4.78, 5) is 22.9. The summed E-state index contributed by atoms with van der Waals surface area (Å²) in [6.45, 7) is 0.704. The van der Waals surface area contributed by atoms with Crippen LogP contribution in [0.15, 0.2) is 30.6 Å². The van der Waals surface area contributed by atoms with Gasteiger partial charge in [-0.3, -0.25) is 4.79 Å². The van der Waals surface area contributed by atoms with Gasteiger partial charge in [0, 0.05) is 24.6 Å². The molecule has 2 aromatic rings. The molecule has 3 rings (SSSR count). The quantitative estimate of drug-likeness (QED) is 0.761. The van der Waals surface area contributed by atoms with Crippen LogP contribution in [0, 0.1) is 0 Å². The van der Waals surface area contributed by atoms with Crippen molar-refractivity contribution in [1.29, 1.82) is 0 Å². The van der Waals surface area contributed by atoms with Crippen molar-refractivity contribution in [2.45, 2.75) is 12.3 Å². The fourth-order valence-electron chi connectivity index (χ4n) is 2.18. The number of aromatic nitrogens is 3. The number of amides is 1. The van der Waals surface area contributed by atoms with E-state index in [0.717, 1.165) is 11.3 Å². The Morgan fingerprint density at radius 2 is 2.05 bits per heavy atom. The van der Waals surface area contributed by atoms with E-state index in [1.165, 1.54) is 6.33 Å². The first-order valence-electron chi connectivity index (χ1n) is 6.29. The Balaban J connectivity index is 1.71. The molecule has 0 radical (unpaired) electrons. The second-order valence-corrected chi connectivity index (χ2v) is 4.62. The molecule has 1 aromatic carbocycles. The lowest BCUT2D eigenvalue weighted by atomic mass is 9.98. The van der Waals surface area contributed by atoms with Crippen molar-refractivity contribution in [2.24, 2.45) is 0 Å². The van der Waals surface area contributed by atoms with Crippen molar-refractivity contribution in [2.75, 3.05) is 17.6 Å². The van der Waals surface area contributed by atoms with Gasteiger partial charge in [-0.05, 0) is 17.7 Å². The van der Waals surface area contributed by atoms with Crippen LogP contribution in [0.5, 0.6) is 0 Å². The number of anilines is 3. The number of rotatable bonds is 3. The molecule has 7 nitrogen and oxygen atoms in total. The molecule has 2 heterocycles. The number of nitrogens with zero attached hydrogens (tertiary/aromatic N) is 3. The number of hydrogen-bond donors (Lipinski definition) is 3. The van der Waals surface area contributed by atoms with E-state index in [1.54, 1.807) is 0 Å². The number of nitrogens with two attached hydrogens (primary N) is 1. The maximum Gasteiger partial charge on any atom is 0.231 e. The van der Waals surface area contributed by atoms with Crippen LogP contribution in [0.3, 0.4) is 0 Å². The molecule has 0 bridgehead atoms. The first kappa shape index (κ1) is 12.3. The molecule has 1 aromatic heterocycles. The van der Waals surface area contributed by atoms with E-state index in [4.69, 9.17) is 5.73 Å². The summed E-state index contributed by atoms with van der Waals surface area (Å²) in [6.07, 6.45) is 1.91. The monoisotopic (exact) mass is 270 g/mol. The van der Waals surface area contributed by atoms with Crippen LogP contribution in [0.1, 0.15) is 17.9 Å². The second kappa shape index (κ2) is 5.12. The fraction of sp³-hybridized carbons (Fsp3) is 0.231. The molecule has 1 fully saturated rings. The SMILES string of the molecule is Nc1ncnc(Nc2ccc(C3CNC(=O)C3)cc2)n1. The summed E-state index contributed by atoms with van der Waals surface area (Å²) in [6, 6.07) is 7.85. The Labute approximate surface area is 115 Å². The Kier molecular flexibility index (Phi) is 3.16. The van der Waals surface area contributed by atoms with Gasteiger partial charge in [0.1, 0.15) is 6.33 Å². The zero-order valence-corrected chi connectivity index (χ0v) is 10.7. The highest BCUT2D eigenvalue weighted by Crippen LogP contribution is 2.24. The Morgan fingerprint density at radius 1 is 1.25 bits per heavy atom. The molecule has 0 spiro atoms. The highest BCUT2D eigenvalue weighted by atomic mass is 16.1. The number of benzene rings is 1. The minimum atomic E-state index is 0.109. The zero-order valence-electron chi connectivity index (χ0n) is 10.7. The van der Waals surface area contributed by atoms with Crippen molar-refractivity contribution in [1.82, 2.24) is 20.3 Å². The van der Waals surface area contributed by atoms with E-state index >= 15 is 0 Å². The van der Waals surface area contributed by atoms with Crippen LogP contribution in [-0.4, -0.2) is 27.4 Å². The Bertz CT molecular complexity index is 627. The van der Waals surface area contributed by atoms with Crippen LogP contribution in [0.2, 0.25) is 0 Å². The molecule has 7 heteroatoms. The molecule has 4 N–H and O–H groups in total. The maximum atomic E-state index is 11.2. The average molecular weight is 270 g/mol. The van der Waals surface area contributed by atoms with E-state index in [2.05, 4.69) is 25.6 Å². The van der Waals surface area contributed by atoms with E-state index in [1.807, 2.05) is 24.3 Å². The molecule has 102 valence electrons. The number of carbonyl (C=O) groups excluding carboxylic acids is 1. The third kappa shape index (κ3) is 2.66. The highest BCUT2D eigenvalue weighted by molar-refractivity contribution is 5.79. The summed E-state index contributed by atoms with van der Waals surface area (Å²) in [5, 5.41) is 5.88. The van der Waals surface area contributed by atoms with Crippen molar-refractivity contribution in [3.8, 4) is 0 Å². The number of carbonyl (C=O) groups is 1. The van der Waals surface area contributed by atoms with E-state index in [9.17, 15) is 4.79 Å². The van der Waals surface area contributed by atoms with Gasteiger partial charge >= 0.3 is 0 Å². The standard InChI is InChI=1S/C13H14N6O/c14-12-16-7-17-13(19-12)18-10-3-1-8(2-4-10)9-5-11(20)15-6-9/h1-4,7,9H,5-6H2,(H,15,20)(H3,14,16,17,18,19). The van der Waals surface area contributed by atoms with Crippen LogP contribution in [0.4, 0.5) is 17.6 Å². The maximum absolute atomic E-state index is 11.2. The van der Waals surface area contributed by atoms with E-state index in [-0.39, 0.29) is 17.8 Å². The molecule has 1 unspecified atom stereocenters. The normalized spacial score (nSPS) is 17.8. The topological polar surface area (TPSA) is 106 Å². The van der Waals surface area contributed by atoms with Gasteiger partial charge in [0.05, 0.1) is 0 Å². The van der Waals surface area contributed by atoms with Gasteiger partial charge in [0.15, 0.2) is 0 Å². The largest absolute Gasteiger partial charge is 0.368 e. The van der Waals surface area contributed by atoms with Gasteiger partial charge in [-0.1, -0.05) is 12.1 Å². The molecule has 1 aliphatic rings.